The quantitative estimate of drug-likeness (QED) is 0.772. The predicted molar refractivity (Wildman–Crippen MR) is 67.4 cm³/mol. The molecule has 1 unspecified atom stereocenters. The van der Waals surface area contributed by atoms with Crippen LogP contribution >= 0.6 is 11.3 Å². The van der Waals surface area contributed by atoms with Gasteiger partial charge in [0, 0.05) is 23.2 Å². The Bertz CT molecular complexity index is 244. The molecule has 0 aliphatic rings. The van der Waals surface area contributed by atoms with E-state index in [1.165, 1.54) is 24.1 Å². The van der Waals surface area contributed by atoms with Crippen molar-refractivity contribution >= 4 is 11.3 Å². The van der Waals surface area contributed by atoms with Crippen LogP contribution in [0.2, 0.25) is 0 Å². The molecule has 1 atom stereocenters. The van der Waals surface area contributed by atoms with Gasteiger partial charge >= 0.3 is 0 Å². The van der Waals surface area contributed by atoms with Crippen molar-refractivity contribution in [2.24, 2.45) is 0 Å². The van der Waals surface area contributed by atoms with Crippen LogP contribution in [0.15, 0.2) is 11.7 Å². The van der Waals surface area contributed by atoms with E-state index in [-0.39, 0.29) is 0 Å². The molecule has 0 radical (unpaired) electrons. The molecule has 3 heteroatoms. The van der Waals surface area contributed by atoms with E-state index in [4.69, 9.17) is 0 Å². The highest BCUT2D eigenvalue weighted by molar-refractivity contribution is 7.09. The Kier molecular flexibility index (Phi) is 5.88. The molecule has 1 rings (SSSR count). The zero-order valence-corrected chi connectivity index (χ0v) is 10.8. The van der Waals surface area contributed by atoms with Gasteiger partial charge in [-0.1, -0.05) is 33.6 Å². The summed E-state index contributed by atoms with van der Waals surface area (Å²) in [6, 6.07) is 1.19. The van der Waals surface area contributed by atoms with Crippen LogP contribution in [0.3, 0.4) is 0 Å². The van der Waals surface area contributed by atoms with Crippen molar-refractivity contribution in [2.45, 2.75) is 58.5 Å². The molecule has 0 fully saturated rings. The molecule has 1 heterocycles. The zero-order valence-electron chi connectivity index (χ0n) is 9.99. The Balaban J connectivity index is 2.41. The number of hydrogen-bond acceptors (Lipinski definition) is 3. The summed E-state index contributed by atoms with van der Waals surface area (Å²) in [4.78, 5) is 5.52. The first kappa shape index (κ1) is 12.7. The van der Waals surface area contributed by atoms with E-state index in [0.29, 0.717) is 12.1 Å². The molecular weight excluding hydrogens is 204 g/mol. The lowest BCUT2D eigenvalue weighted by molar-refractivity contribution is 0.426. The number of nitrogens with one attached hydrogen (secondary N) is 1. The second kappa shape index (κ2) is 6.96. The highest BCUT2D eigenvalue weighted by atomic mass is 32.1. The number of hydrogen-bond donors (Lipinski definition) is 1. The smallest absolute Gasteiger partial charge is 0.0794 e. The summed E-state index contributed by atoms with van der Waals surface area (Å²) >= 11 is 1.76. The Hall–Kier alpha value is -0.410. The van der Waals surface area contributed by atoms with Gasteiger partial charge in [-0.2, -0.15) is 0 Å². The largest absolute Gasteiger partial charge is 0.311 e. The molecular formula is C12H22N2S. The first-order valence-corrected chi connectivity index (χ1v) is 6.73. The minimum atomic E-state index is 0.569. The first-order chi connectivity index (χ1) is 7.22. The predicted octanol–water partition coefficient (Wildman–Crippen LogP) is 3.24. The maximum Gasteiger partial charge on any atom is 0.0794 e. The van der Waals surface area contributed by atoms with Crippen molar-refractivity contribution in [3.8, 4) is 0 Å². The van der Waals surface area contributed by atoms with Crippen molar-refractivity contribution in [3.05, 3.63) is 16.6 Å². The van der Waals surface area contributed by atoms with Crippen molar-refractivity contribution in [3.63, 3.8) is 0 Å². The Labute approximate surface area is 97.1 Å². The highest BCUT2D eigenvalue weighted by Crippen LogP contribution is 2.12. The van der Waals surface area contributed by atoms with Gasteiger partial charge in [0.15, 0.2) is 0 Å². The monoisotopic (exact) mass is 226 g/mol. The van der Waals surface area contributed by atoms with Crippen LogP contribution in [0, 0.1) is 0 Å². The second-order valence-corrected chi connectivity index (χ2v) is 5.30. The Morgan fingerprint density at radius 3 is 2.80 bits per heavy atom. The molecule has 86 valence electrons. The minimum Gasteiger partial charge on any atom is -0.311 e. The lowest BCUT2D eigenvalue weighted by Crippen LogP contribution is -2.36. The van der Waals surface area contributed by atoms with Crippen LogP contribution in [0.4, 0.5) is 0 Å². The molecule has 1 aromatic rings. The lowest BCUT2D eigenvalue weighted by Gasteiger charge is -2.20. The van der Waals surface area contributed by atoms with Crippen molar-refractivity contribution < 1.29 is 0 Å². The SMILES string of the molecule is CCCCC(Cc1cncs1)NC(C)C. The molecule has 1 N–H and O–H groups in total. The van der Waals surface area contributed by atoms with Gasteiger partial charge in [-0.05, 0) is 12.8 Å². The molecule has 0 saturated heterocycles. The van der Waals surface area contributed by atoms with Crippen LogP contribution < -0.4 is 5.32 Å². The van der Waals surface area contributed by atoms with Crippen molar-refractivity contribution in [2.75, 3.05) is 0 Å². The normalized spacial score (nSPS) is 13.3. The van der Waals surface area contributed by atoms with Crippen LogP contribution in [-0.2, 0) is 6.42 Å². The lowest BCUT2D eigenvalue weighted by atomic mass is 10.1. The van der Waals surface area contributed by atoms with E-state index in [1.807, 2.05) is 11.7 Å². The first-order valence-electron chi connectivity index (χ1n) is 5.85. The van der Waals surface area contributed by atoms with Gasteiger partial charge in [0.05, 0.1) is 5.51 Å². The molecule has 0 spiro atoms. The van der Waals surface area contributed by atoms with Gasteiger partial charge in [-0.25, -0.2) is 0 Å². The van der Waals surface area contributed by atoms with E-state index in [1.54, 1.807) is 11.3 Å². The molecule has 0 aliphatic heterocycles. The average molecular weight is 226 g/mol. The van der Waals surface area contributed by atoms with Gasteiger partial charge in [0.1, 0.15) is 0 Å². The molecule has 0 aliphatic carbocycles. The van der Waals surface area contributed by atoms with Gasteiger partial charge in [0.25, 0.3) is 0 Å². The fourth-order valence-corrected chi connectivity index (χ4v) is 2.43. The standard InChI is InChI=1S/C12H22N2S/c1-4-5-6-11(14-10(2)3)7-12-8-13-9-15-12/h8-11,14H,4-7H2,1-3H3. The van der Waals surface area contributed by atoms with Crippen LogP contribution in [0.1, 0.15) is 44.9 Å². The summed E-state index contributed by atoms with van der Waals surface area (Å²) in [6.45, 7) is 6.68. The summed E-state index contributed by atoms with van der Waals surface area (Å²) in [6.07, 6.45) is 6.98. The number of unbranched alkanes of at least 4 members (excludes halogenated alkanes) is 1. The third-order valence-corrected chi connectivity index (χ3v) is 3.21. The van der Waals surface area contributed by atoms with Gasteiger partial charge in [-0.15, -0.1) is 11.3 Å². The van der Waals surface area contributed by atoms with E-state index in [9.17, 15) is 0 Å². The van der Waals surface area contributed by atoms with E-state index in [2.05, 4.69) is 31.1 Å². The average Bonchev–Trinajstić information content (AvgIpc) is 2.66. The van der Waals surface area contributed by atoms with E-state index >= 15 is 0 Å². The van der Waals surface area contributed by atoms with Gasteiger partial charge < -0.3 is 5.32 Å². The maximum absolute atomic E-state index is 4.13. The highest BCUT2D eigenvalue weighted by Gasteiger charge is 2.10. The summed E-state index contributed by atoms with van der Waals surface area (Å²) < 4.78 is 0. The molecule has 0 amide bonds. The molecule has 2 nitrogen and oxygen atoms in total. The van der Waals surface area contributed by atoms with Crippen molar-refractivity contribution in [1.29, 1.82) is 0 Å². The van der Waals surface area contributed by atoms with Gasteiger partial charge in [0.2, 0.25) is 0 Å². The summed E-state index contributed by atoms with van der Waals surface area (Å²) in [5, 5.41) is 3.63. The molecule has 0 aromatic carbocycles. The number of nitrogens with zero attached hydrogens (tertiary/aromatic N) is 1. The topological polar surface area (TPSA) is 24.9 Å². The molecule has 0 saturated carbocycles. The van der Waals surface area contributed by atoms with Crippen molar-refractivity contribution in [1.82, 2.24) is 10.3 Å². The van der Waals surface area contributed by atoms with Crippen LogP contribution in [-0.4, -0.2) is 17.1 Å². The Morgan fingerprint density at radius 1 is 1.47 bits per heavy atom. The second-order valence-electron chi connectivity index (χ2n) is 4.33. The van der Waals surface area contributed by atoms with E-state index in [0.717, 1.165) is 6.42 Å². The van der Waals surface area contributed by atoms with Crippen LogP contribution in [0.25, 0.3) is 0 Å². The zero-order chi connectivity index (χ0) is 11.1. The minimum absolute atomic E-state index is 0.569. The van der Waals surface area contributed by atoms with Crippen LogP contribution in [0.5, 0.6) is 0 Å². The molecule has 15 heavy (non-hydrogen) atoms. The summed E-state index contributed by atoms with van der Waals surface area (Å²) in [5.74, 6) is 0. The van der Waals surface area contributed by atoms with Gasteiger partial charge in [-0.3, -0.25) is 4.98 Å². The third kappa shape index (κ3) is 5.28. The summed E-state index contributed by atoms with van der Waals surface area (Å²) in [5.41, 5.74) is 1.92. The Morgan fingerprint density at radius 2 is 2.27 bits per heavy atom. The molecule has 1 aromatic heterocycles. The third-order valence-electron chi connectivity index (χ3n) is 2.41. The summed E-state index contributed by atoms with van der Waals surface area (Å²) in [7, 11) is 0. The molecule has 0 bridgehead atoms. The fourth-order valence-electron chi connectivity index (χ4n) is 1.75. The number of rotatable bonds is 7. The fraction of sp³-hybridized carbons (Fsp3) is 0.750. The van der Waals surface area contributed by atoms with E-state index < -0.39 is 0 Å². The number of aromatic nitrogens is 1. The number of thiazole rings is 1. The maximum atomic E-state index is 4.13.